The van der Waals surface area contributed by atoms with Crippen molar-refractivity contribution in [1.29, 1.82) is 0 Å². The molecule has 0 unspecified atom stereocenters. The molecule has 0 fully saturated rings. The van der Waals surface area contributed by atoms with Crippen molar-refractivity contribution in [1.82, 2.24) is 20.2 Å². The molecule has 2 aliphatic heterocycles. The van der Waals surface area contributed by atoms with Gasteiger partial charge in [0.2, 0.25) is 11.8 Å². The molecule has 0 saturated carbocycles. The number of pyridine rings is 2. The van der Waals surface area contributed by atoms with E-state index in [1.807, 2.05) is 0 Å². The Morgan fingerprint density at radius 1 is 1.25 bits per heavy atom. The summed E-state index contributed by atoms with van der Waals surface area (Å²) in [6, 6.07) is 1.67. The standard InChI is InChI=1S/C33H39FN6O8/c1-3-33(45)20-9-25-29-18(11-40(25)31(43)19(20)12-48-32(33)44)28-23(7-6-17-16(2)21(34)10-24(39-29)27(17)28)38-26(41)13-47-15-37-30(42)22(36)5-4-8-46-14-35/h9-10,22-23,45H,3-8,11-15,35-36H2,1-2H3,(H,37,42)(H,38,41)/t22-,23-,33-/m0/s1. The van der Waals surface area contributed by atoms with Crippen molar-refractivity contribution < 1.29 is 38.1 Å². The number of carbonyl (C=O) groups is 3. The van der Waals surface area contributed by atoms with Gasteiger partial charge in [-0.2, -0.15) is 0 Å². The fourth-order valence-electron chi connectivity index (χ4n) is 6.95. The number of fused-ring (bicyclic) bond motifs is 5. The fraction of sp³-hybridized carbons (Fsp3) is 0.485. The quantitative estimate of drug-likeness (QED) is 0.0810. The highest BCUT2D eigenvalue weighted by atomic mass is 19.1. The van der Waals surface area contributed by atoms with E-state index in [1.54, 1.807) is 19.9 Å². The summed E-state index contributed by atoms with van der Waals surface area (Å²) in [6.07, 6.45) is 1.89. The summed E-state index contributed by atoms with van der Waals surface area (Å²) in [5.41, 5.74) is 13.0. The molecule has 0 saturated heterocycles. The molecule has 48 heavy (non-hydrogen) atoms. The number of esters is 1. The van der Waals surface area contributed by atoms with Crippen LogP contribution in [0.1, 0.15) is 72.0 Å². The van der Waals surface area contributed by atoms with Gasteiger partial charge in [-0.1, -0.05) is 6.92 Å². The number of rotatable bonds is 12. The number of aryl methyl sites for hydroxylation is 1. The number of nitrogens with one attached hydrogen (secondary N) is 2. The number of aliphatic hydroxyl groups is 1. The van der Waals surface area contributed by atoms with E-state index in [9.17, 15) is 24.3 Å². The van der Waals surface area contributed by atoms with Gasteiger partial charge >= 0.3 is 5.97 Å². The minimum Gasteiger partial charge on any atom is -0.458 e. The van der Waals surface area contributed by atoms with Crippen LogP contribution in [0.5, 0.6) is 0 Å². The first-order chi connectivity index (χ1) is 23.0. The maximum Gasteiger partial charge on any atom is 0.343 e. The maximum atomic E-state index is 15.1. The molecular formula is C33H39FN6O8. The minimum atomic E-state index is -1.99. The smallest absolute Gasteiger partial charge is 0.343 e. The normalized spacial score (nSPS) is 19.7. The number of nitrogens with two attached hydrogens (primary N) is 2. The zero-order valence-corrected chi connectivity index (χ0v) is 26.8. The first-order valence-corrected chi connectivity index (χ1v) is 16.0. The molecule has 0 radical (unpaired) electrons. The summed E-state index contributed by atoms with van der Waals surface area (Å²) in [7, 11) is 0. The van der Waals surface area contributed by atoms with Crippen molar-refractivity contribution in [2.75, 3.05) is 26.7 Å². The second kappa shape index (κ2) is 13.3. The van der Waals surface area contributed by atoms with Crippen molar-refractivity contribution in [2.24, 2.45) is 11.5 Å². The molecule has 2 amide bonds. The Hall–Kier alpha value is -4.28. The van der Waals surface area contributed by atoms with Crippen LogP contribution in [0, 0.1) is 12.7 Å². The van der Waals surface area contributed by atoms with Crippen molar-refractivity contribution in [2.45, 2.75) is 76.8 Å². The number of hydrogen-bond donors (Lipinski definition) is 5. The lowest BCUT2D eigenvalue weighted by Gasteiger charge is -2.31. The molecule has 4 heterocycles. The van der Waals surface area contributed by atoms with Gasteiger partial charge in [-0.15, -0.1) is 0 Å². The molecule has 3 atom stereocenters. The molecule has 256 valence electrons. The lowest BCUT2D eigenvalue weighted by atomic mass is 9.81. The summed E-state index contributed by atoms with van der Waals surface area (Å²) < 4.78 is 32.3. The first kappa shape index (κ1) is 33.6. The number of aromatic nitrogens is 2. The molecule has 1 aliphatic carbocycles. The molecule has 0 spiro atoms. The van der Waals surface area contributed by atoms with Crippen LogP contribution in [-0.2, 0) is 53.8 Å². The van der Waals surface area contributed by atoms with Crippen LogP contribution in [0.4, 0.5) is 4.39 Å². The van der Waals surface area contributed by atoms with Gasteiger partial charge in [0.25, 0.3) is 5.56 Å². The van der Waals surface area contributed by atoms with Crippen LogP contribution in [0.15, 0.2) is 16.9 Å². The van der Waals surface area contributed by atoms with Crippen molar-refractivity contribution in [3.05, 3.63) is 61.7 Å². The van der Waals surface area contributed by atoms with Gasteiger partial charge in [-0.05, 0) is 61.8 Å². The van der Waals surface area contributed by atoms with Gasteiger partial charge in [0, 0.05) is 29.2 Å². The Labute approximate surface area is 274 Å². The number of cyclic esters (lactones) is 1. The largest absolute Gasteiger partial charge is 0.458 e. The molecule has 6 rings (SSSR count). The van der Waals surface area contributed by atoms with Gasteiger partial charge in [0.15, 0.2) is 5.60 Å². The molecular weight excluding hydrogens is 627 g/mol. The number of nitrogens with zero attached hydrogens (tertiary/aromatic N) is 2. The van der Waals surface area contributed by atoms with E-state index >= 15 is 4.39 Å². The van der Waals surface area contributed by atoms with Crippen LogP contribution < -0.4 is 27.7 Å². The second-order valence-corrected chi connectivity index (χ2v) is 12.3. The SMILES string of the molecule is CC[C@@]1(O)C(=O)OCc2c1cc1n(c2=O)Cc2c-1nc1cc(F)c(C)c3c1c2[C@@H](NC(=O)COCNC(=O)[C@@H](N)CCCOCN)CC3. The van der Waals surface area contributed by atoms with Crippen molar-refractivity contribution in [3.8, 4) is 11.4 Å². The van der Waals surface area contributed by atoms with Crippen LogP contribution in [-0.4, -0.2) is 65.2 Å². The lowest BCUT2D eigenvalue weighted by Crippen LogP contribution is -2.44. The number of benzene rings is 1. The number of amides is 2. The average molecular weight is 667 g/mol. The summed E-state index contributed by atoms with van der Waals surface area (Å²) in [4.78, 5) is 56.6. The molecule has 14 nitrogen and oxygen atoms in total. The van der Waals surface area contributed by atoms with Gasteiger partial charge in [-0.25, -0.2) is 14.2 Å². The second-order valence-electron chi connectivity index (χ2n) is 12.3. The van der Waals surface area contributed by atoms with Crippen LogP contribution >= 0.6 is 0 Å². The highest BCUT2D eigenvalue weighted by Crippen LogP contribution is 2.45. The Balaban J connectivity index is 1.27. The van der Waals surface area contributed by atoms with E-state index in [0.717, 1.165) is 16.5 Å². The molecule has 3 aromatic rings. The summed E-state index contributed by atoms with van der Waals surface area (Å²) in [5, 5.41) is 17.5. The number of carbonyl (C=O) groups excluding carboxylic acids is 3. The molecule has 7 N–H and O–H groups in total. The minimum absolute atomic E-state index is 0.00381. The monoisotopic (exact) mass is 666 g/mol. The Bertz CT molecular complexity index is 1880. The third-order valence-corrected chi connectivity index (χ3v) is 9.55. The molecule has 0 bridgehead atoms. The Morgan fingerprint density at radius 3 is 2.79 bits per heavy atom. The van der Waals surface area contributed by atoms with Crippen LogP contribution in [0.25, 0.3) is 22.3 Å². The predicted octanol–water partition coefficient (Wildman–Crippen LogP) is 0.761. The van der Waals surface area contributed by atoms with E-state index < -0.39 is 46.8 Å². The van der Waals surface area contributed by atoms with Gasteiger partial charge in [0.1, 0.15) is 25.8 Å². The number of halogens is 1. The predicted molar refractivity (Wildman–Crippen MR) is 170 cm³/mol. The van der Waals surface area contributed by atoms with E-state index in [1.165, 1.54) is 10.6 Å². The molecule has 3 aliphatic rings. The maximum absolute atomic E-state index is 15.1. The van der Waals surface area contributed by atoms with E-state index in [-0.39, 0.29) is 50.8 Å². The van der Waals surface area contributed by atoms with E-state index in [2.05, 4.69) is 10.6 Å². The first-order valence-electron chi connectivity index (χ1n) is 16.0. The number of ether oxygens (including phenoxy) is 3. The fourth-order valence-corrected chi connectivity index (χ4v) is 6.95. The van der Waals surface area contributed by atoms with Crippen LogP contribution in [0.3, 0.4) is 0 Å². The highest BCUT2D eigenvalue weighted by molar-refractivity contribution is 5.94. The Kier molecular flexibility index (Phi) is 9.33. The Morgan fingerprint density at radius 2 is 2.04 bits per heavy atom. The molecule has 15 heteroatoms. The zero-order chi connectivity index (χ0) is 34.3. The van der Waals surface area contributed by atoms with Gasteiger partial charge in [0.05, 0.1) is 47.8 Å². The molecule has 1 aromatic carbocycles. The van der Waals surface area contributed by atoms with Crippen molar-refractivity contribution in [3.63, 3.8) is 0 Å². The van der Waals surface area contributed by atoms with E-state index in [4.69, 9.17) is 30.7 Å². The third-order valence-electron chi connectivity index (χ3n) is 9.55. The zero-order valence-electron chi connectivity index (χ0n) is 26.8. The van der Waals surface area contributed by atoms with Gasteiger partial charge in [-0.3, -0.25) is 14.4 Å². The average Bonchev–Trinajstić information content (AvgIpc) is 3.44. The lowest BCUT2D eigenvalue weighted by molar-refractivity contribution is -0.172. The topological polar surface area (TPSA) is 210 Å². The van der Waals surface area contributed by atoms with E-state index in [0.29, 0.717) is 60.3 Å². The number of hydrogen-bond acceptors (Lipinski definition) is 11. The van der Waals surface area contributed by atoms with Crippen molar-refractivity contribution >= 4 is 28.7 Å². The third kappa shape index (κ3) is 5.75. The summed E-state index contributed by atoms with van der Waals surface area (Å²) in [5.74, 6) is -2.11. The van der Waals surface area contributed by atoms with Gasteiger partial charge < -0.3 is 46.0 Å². The van der Waals surface area contributed by atoms with Crippen LogP contribution in [0.2, 0.25) is 0 Å². The highest BCUT2D eigenvalue weighted by Gasteiger charge is 2.46. The molecule has 2 aromatic heterocycles. The summed E-state index contributed by atoms with van der Waals surface area (Å²) >= 11 is 0. The summed E-state index contributed by atoms with van der Waals surface area (Å²) in [6.45, 7) is 3.10.